The second-order valence-electron chi connectivity index (χ2n) is 4.40. The fraction of sp³-hybridized carbons (Fsp3) is 0.133. The third-order valence-electron chi connectivity index (χ3n) is 3.10. The first-order valence-electron chi connectivity index (χ1n) is 5.69. The quantitative estimate of drug-likeness (QED) is 0.834. The molecule has 0 aliphatic carbocycles. The highest BCUT2D eigenvalue weighted by Crippen LogP contribution is 2.31. The highest BCUT2D eigenvalue weighted by Gasteiger charge is 2.08. The molecule has 1 N–H and O–H groups in total. The Kier molecular flexibility index (Phi) is 3.49. The van der Waals surface area contributed by atoms with Gasteiger partial charge < -0.3 is 5.11 Å². The van der Waals surface area contributed by atoms with Crippen molar-refractivity contribution in [1.82, 2.24) is 0 Å². The highest BCUT2D eigenvalue weighted by atomic mass is 31.0. The van der Waals surface area contributed by atoms with Gasteiger partial charge in [0.2, 0.25) is 0 Å². The standard InChI is InChI=1S/C15H15O2P/c1-9-3-4-11(7-10(9)2)13-8-12(15(17)18)5-6-14(13)16/h3-8,16H,18H2,1-2H3. The van der Waals surface area contributed by atoms with Crippen LogP contribution in [0.5, 0.6) is 5.75 Å². The van der Waals surface area contributed by atoms with E-state index in [4.69, 9.17) is 0 Å². The van der Waals surface area contributed by atoms with Crippen LogP contribution in [0.25, 0.3) is 11.1 Å². The average molecular weight is 258 g/mol. The molecule has 3 heteroatoms. The van der Waals surface area contributed by atoms with Gasteiger partial charge in [-0.1, -0.05) is 27.4 Å². The van der Waals surface area contributed by atoms with Crippen molar-refractivity contribution in [3.63, 3.8) is 0 Å². The van der Waals surface area contributed by atoms with E-state index in [-0.39, 0.29) is 11.3 Å². The number of carbonyl (C=O) groups is 1. The van der Waals surface area contributed by atoms with E-state index in [1.807, 2.05) is 32.0 Å². The van der Waals surface area contributed by atoms with Gasteiger partial charge in [0.1, 0.15) is 5.75 Å². The van der Waals surface area contributed by atoms with Crippen molar-refractivity contribution in [2.45, 2.75) is 13.8 Å². The molecular formula is C15H15O2P. The van der Waals surface area contributed by atoms with Gasteiger partial charge in [0, 0.05) is 11.1 Å². The van der Waals surface area contributed by atoms with Gasteiger partial charge in [-0.25, -0.2) is 0 Å². The number of phenols is 1. The van der Waals surface area contributed by atoms with Crippen LogP contribution in [0, 0.1) is 13.8 Å². The topological polar surface area (TPSA) is 37.3 Å². The van der Waals surface area contributed by atoms with Crippen LogP contribution in [-0.2, 0) is 0 Å². The Morgan fingerprint density at radius 2 is 1.78 bits per heavy atom. The Morgan fingerprint density at radius 3 is 2.39 bits per heavy atom. The minimum absolute atomic E-state index is 0.0833. The molecule has 0 saturated carbocycles. The zero-order chi connectivity index (χ0) is 13.3. The summed E-state index contributed by atoms with van der Waals surface area (Å²) in [7, 11) is 2.14. The zero-order valence-corrected chi connectivity index (χ0v) is 11.6. The van der Waals surface area contributed by atoms with Crippen molar-refractivity contribution in [1.29, 1.82) is 0 Å². The summed E-state index contributed by atoms with van der Waals surface area (Å²) in [6.45, 7) is 4.07. The van der Waals surface area contributed by atoms with Crippen LogP contribution in [-0.4, -0.2) is 10.6 Å². The molecule has 1 atom stereocenters. The molecule has 2 rings (SSSR count). The molecule has 0 aliphatic rings. The van der Waals surface area contributed by atoms with E-state index < -0.39 is 0 Å². The third-order valence-corrected chi connectivity index (χ3v) is 3.43. The first-order chi connectivity index (χ1) is 8.49. The van der Waals surface area contributed by atoms with Crippen LogP contribution < -0.4 is 0 Å². The Balaban J connectivity index is 2.58. The number of benzene rings is 2. The largest absolute Gasteiger partial charge is 0.507 e. The normalized spacial score (nSPS) is 10.4. The number of aromatic hydroxyl groups is 1. The van der Waals surface area contributed by atoms with Gasteiger partial charge in [-0.2, -0.15) is 0 Å². The Bertz CT molecular complexity index is 618. The molecule has 1 unspecified atom stereocenters. The summed E-state index contributed by atoms with van der Waals surface area (Å²) in [4.78, 5) is 11.3. The van der Waals surface area contributed by atoms with Gasteiger partial charge in [-0.05, 0) is 48.7 Å². The van der Waals surface area contributed by atoms with E-state index in [1.54, 1.807) is 18.2 Å². The lowest BCUT2D eigenvalue weighted by Gasteiger charge is -2.09. The van der Waals surface area contributed by atoms with Crippen LogP contribution in [0.1, 0.15) is 21.5 Å². The van der Waals surface area contributed by atoms with Gasteiger partial charge in [0.15, 0.2) is 5.52 Å². The fourth-order valence-electron chi connectivity index (χ4n) is 1.83. The number of hydrogen-bond donors (Lipinski definition) is 1. The predicted molar refractivity (Wildman–Crippen MR) is 77.1 cm³/mol. The monoisotopic (exact) mass is 258 g/mol. The molecular weight excluding hydrogens is 243 g/mol. The molecule has 2 aromatic carbocycles. The number of phenolic OH excluding ortho intramolecular Hbond substituents is 1. The summed E-state index contributed by atoms with van der Waals surface area (Å²) in [6, 6.07) is 10.9. The molecule has 0 amide bonds. The number of aryl methyl sites for hydroxylation is 2. The van der Waals surface area contributed by atoms with Crippen molar-refractivity contribution in [2.24, 2.45) is 0 Å². The molecule has 0 heterocycles. The fourth-order valence-corrected chi connectivity index (χ4v) is 2.01. The van der Waals surface area contributed by atoms with E-state index in [0.29, 0.717) is 11.1 Å². The number of hydrogen-bond acceptors (Lipinski definition) is 2. The van der Waals surface area contributed by atoms with Crippen molar-refractivity contribution < 1.29 is 9.90 Å². The lowest BCUT2D eigenvalue weighted by Crippen LogP contribution is -1.90. The molecule has 0 saturated heterocycles. The second kappa shape index (κ2) is 4.91. The molecule has 18 heavy (non-hydrogen) atoms. The predicted octanol–water partition coefficient (Wildman–Crippen LogP) is 3.69. The van der Waals surface area contributed by atoms with Gasteiger partial charge in [-0.15, -0.1) is 0 Å². The maximum atomic E-state index is 11.3. The molecule has 2 aromatic rings. The molecule has 0 bridgehead atoms. The summed E-state index contributed by atoms with van der Waals surface area (Å²) in [6.07, 6.45) is 0. The molecule has 0 aromatic heterocycles. The van der Waals surface area contributed by atoms with Crippen molar-refractivity contribution in [2.75, 3.05) is 0 Å². The van der Waals surface area contributed by atoms with Gasteiger partial charge in [0.05, 0.1) is 0 Å². The summed E-state index contributed by atoms with van der Waals surface area (Å²) in [5.41, 5.74) is 4.47. The van der Waals surface area contributed by atoms with E-state index >= 15 is 0 Å². The van der Waals surface area contributed by atoms with E-state index in [0.717, 1.165) is 11.1 Å². The zero-order valence-electron chi connectivity index (χ0n) is 10.4. The van der Waals surface area contributed by atoms with Gasteiger partial charge in [-0.3, -0.25) is 4.79 Å². The SMILES string of the molecule is Cc1ccc(-c2cc(C(=O)P)ccc2O)cc1C. The summed E-state index contributed by atoms with van der Waals surface area (Å²) < 4.78 is 0. The van der Waals surface area contributed by atoms with Crippen molar-refractivity contribution in [3.8, 4) is 16.9 Å². The smallest absolute Gasteiger partial charge is 0.178 e. The Labute approximate surface area is 109 Å². The Morgan fingerprint density at radius 1 is 1.06 bits per heavy atom. The molecule has 0 fully saturated rings. The second-order valence-corrected chi connectivity index (χ2v) is 4.92. The summed E-state index contributed by atoms with van der Waals surface area (Å²) in [5.74, 6) is 0.188. The average Bonchev–Trinajstić information content (AvgIpc) is 2.33. The van der Waals surface area contributed by atoms with Crippen LogP contribution in [0.4, 0.5) is 0 Å². The van der Waals surface area contributed by atoms with Crippen LogP contribution >= 0.6 is 9.24 Å². The summed E-state index contributed by atoms with van der Waals surface area (Å²) >= 11 is 0. The summed E-state index contributed by atoms with van der Waals surface area (Å²) in [5, 5.41) is 9.91. The molecule has 0 radical (unpaired) electrons. The lowest BCUT2D eigenvalue weighted by molar-refractivity contribution is 0.108. The van der Waals surface area contributed by atoms with E-state index in [9.17, 15) is 9.90 Å². The third kappa shape index (κ3) is 2.44. The Hall–Kier alpha value is -1.66. The van der Waals surface area contributed by atoms with Crippen molar-refractivity contribution >= 4 is 14.8 Å². The first-order valence-corrected chi connectivity index (χ1v) is 6.27. The maximum absolute atomic E-state index is 11.3. The first kappa shape index (κ1) is 12.8. The molecule has 0 aliphatic heterocycles. The van der Waals surface area contributed by atoms with E-state index in [1.165, 1.54) is 5.56 Å². The van der Waals surface area contributed by atoms with Crippen molar-refractivity contribution in [3.05, 3.63) is 53.1 Å². The van der Waals surface area contributed by atoms with Crippen LogP contribution in [0.3, 0.4) is 0 Å². The molecule has 92 valence electrons. The highest BCUT2D eigenvalue weighted by molar-refractivity contribution is 7.41. The maximum Gasteiger partial charge on any atom is 0.178 e. The lowest BCUT2D eigenvalue weighted by atomic mass is 9.98. The van der Waals surface area contributed by atoms with Crippen LogP contribution in [0.2, 0.25) is 0 Å². The van der Waals surface area contributed by atoms with E-state index in [2.05, 4.69) is 9.24 Å². The molecule has 2 nitrogen and oxygen atoms in total. The number of carbonyl (C=O) groups excluding carboxylic acids is 1. The van der Waals surface area contributed by atoms with Crippen LogP contribution in [0.15, 0.2) is 36.4 Å². The van der Waals surface area contributed by atoms with Gasteiger partial charge >= 0.3 is 0 Å². The number of rotatable bonds is 2. The minimum atomic E-state index is -0.0833. The van der Waals surface area contributed by atoms with Gasteiger partial charge in [0.25, 0.3) is 0 Å². The molecule has 0 spiro atoms. The minimum Gasteiger partial charge on any atom is -0.507 e.